The van der Waals surface area contributed by atoms with Crippen molar-refractivity contribution in [1.82, 2.24) is 15.1 Å². The van der Waals surface area contributed by atoms with Crippen molar-refractivity contribution >= 4 is 17.8 Å². The lowest BCUT2D eigenvalue weighted by Gasteiger charge is -2.29. The highest BCUT2D eigenvalue weighted by Gasteiger charge is 2.26. The molecule has 0 spiro atoms. The van der Waals surface area contributed by atoms with Crippen LogP contribution in [0.4, 0.5) is 0 Å². The van der Waals surface area contributed by atoms with E-state index in [1.165, 1.54) is 18.2 Å². The molecular formula is C20H37N3O4. The molecule has 0 bridgehead atoms. The second-order valence-electron chi connectivity index (χ2n) is 8.19. The highest BCUT2D eigenvalue weighted by Crippen LogP contribution is 2.17. The number of nitrogens with one attached hydrogen (secondary N) is 1. The van der Waals surface area contributed by atoms with Crippen LogP contribution in [0.5, 0.6) is 0 Å². The van der Waals surface area contributed by atoms with Crippen molar-refractivity contribution in [3.05, 3.63) is 0 Å². The number of amides is 2. The first kappa shape index (κ1) is 23.4. The Morgan fingerprint density at radius 2 is 1.85 bits per heavy atom. The van der Waals surface area contributed by atoms with E-state index in [9.17, 15) is 14.4 Å². The van der Waals surface area contributed by atoms with Crippen LogP contribution in [0.25, 0.3) is 0 Å². The predicted octanol–water partition coefficient (Wildman–Crippen LogP) is 2.10. The van der Waals surface area contributed by atoms with E-state index in [4.69, 9.17) is 5.11 Å². The number of hydrogen-bond acceptors (Lipinski definition) is 4. The SMILES string of the molecule is CC(=O)N(CC(=O)O)C1CCCN(CC(=O)NC(C)CCCC(C)C)CC1. The third-order valence-electron chi connectivity index (χ3n) is 5.13. The van der Waals surface area contributed by atoms with Crippen molar-refractivity contribution in [2.75, 3.05) is 26.2 Å². The molecule has 7 heteroatoms. The number of carboxylic acids is 1. The normalized spacial score (nSPS) is 19.4. The molecule has 0 aliphatic carbocycles. The maximum Gasteiger partial charge on any atom is 0.323 e. The summed E-state index contributed by atoms with van der Waals surface area (Å²) in [7, 11) is 0. The summed E-state index contributed by atoms with van der Waals surface area (Å²) in [5.41, 5.74) is 0. The monoisotopic (exact) mass is 383 g/mol. The quantitative estimate of drug-likeness (QED) is 0.603. The van der Waals surface area contributed by atoms with Crippen molar-refractivity contribution in [1.29, 1.82) is 0 Å². The molecule has 0 aromatic carbocycles. The Morgan fingerprint density at radius 1 is 1.15 bits per heavy atom. The van der Waals surface area contributed by atoms with Crippen molar-refractivity contribution in [3.63, 3.8) is 0 Å². The summed E-state index contributed by atoms with van der Waals surface area (Å²) in [6.07, 6.45) is 5.62. The zero-order valence-corrected chi connectivity index (χ0v) is 17.4. The van der Waals surface area contributed by atoms with E-state index in [0.29, 0.717) is 25.4 Å². The van der Waals surface area contributed by atoms with Gasteiger partial charge in [-0.05, 0) is 45.1 Å². The number of carbonyl (C=O) groups excluding carboxylic acids is 2. The van der Waals surface area contributed by atoms with Gasteiger partial charge in [0.1, 0.15) is 6.54 Å². The van der Waals surface area contributed by atoms with Crippen LogP contribution in [0.2, 0.25) is 0 Å². The fraction of sp³-hybridized carbons (Fsp3) is 0.850. The van der Waals surface area contributed by atoms with Gasteiger partial charge >= 0.3 is 5.97 Å². The lowest BCUT2D eigenvalue weighted by molar-refractivity contribution is -0.145. The summed E-state index contributed by atoms with van der Waals surface area (Å²) in [5, 5.41) is 12.1. The number of aliphatic carboxylic acids is 1. The topological polar surface area (TPSA) is 90.0 Å². The van der Waals surface area contributed by atoms with Gasteiger partial charge in [0, 0.05) is 25.6 Å². The van der Waals surface area contributed by atoms with Gasteiger partial charge in [-0.1, -0.05) is 26.7 Å². The molecule has 1 aliphatic rings. The van der Waals surface area contributed by atoms with E-state index in [1.807, 2.05) is 6.92 Å². The molecule has 2 amide bonds. The fourth-order valence-electron chi connectivity index (χ4n) is 3.68. The Morgan fingerprint density at radius 3 is 2.44 bits per heavy atom. The lowest BCUT2D eigenvalue weighted by Crippen LogP contribution is -2.43. The second-order valence-corrected chi connectivity index (χ2v) is 8.19. The van der Waals surface area contributed by atoms with E-state index in [1.54, 1.807) is 0 Å². The number of rotatable bonds is 10. The average molecular weight is 384 g/mol. The summed E-state index contributed by atoms with van der Waals surface area (Å²) in [6.45, 7) is 9.48. The second kappa shape index (κ2) is 12.0. The van der Waals surface area contributed by atoms with Gasteiger partial charge in [-0.25, -0.2) is 0 Å². The van der Waals surface area contributed by atoms with Crippen LogP contribution in [-0.2, 0) is 14.4 Å². The van der Waals surface area contributed by atoms with E-state index in [0.717, 1.165) is 32.2 Å². The molecule has 0 aromatic heterocycles. The van der Waals surface area contributed by atoms with Gasteiger partial charge in [0.2, 0.25) is 11.8 Å². The minimum Gasteiger partial charge on any atom is -0.480 e. The summed E-state index contributed by atoms with van der Waals surface area (Å²) in [5.74, 6) is -0.464. The van der Waals surface area contributed by atoms with Gasteiger partial charge in [-0.3, -0.25) is 19.3 Å². The first-order valence-electron chi connectivity index (χ1n) is 10.2. The molecule has 2 atom stereocenters. The Balaban J connectivity index is 2.42. The minimum absolute atomic E-state index is 0.0412. The number of carboxylic acid groups (broad SMARTS) is 1. The van der Waals surface area contributed by atoms with Crippen molar-refractivity contribution in [3.8, 4) is 0 Å². The Kier molecular flexibility index (Phi) is 10.4. The number of hydrogen-bond donors (Lipinski definition) is 2. The van der Waals surface area contributed by atoms with Crippen LogP contribution in [0, 0.1) is 5.92 Å². The lowest BCUT2D eigenvalue weighted by atomic mass is 10.0. The molecule has 0 radical (unpaired) electrons. The maximum atomic E-state index is 12.3. The zero-order valence-electron chi connectivity index (χ0n) is 17.4. The van der Waals surface area contributed by atoms with E-state index >= 15 is 0 Å². The van der Waals surface area contributed by atoms with Crippen LogP contribution in [-0.4, -0.2) is 71.0 Å². The van der Waals surface area contributed by atoms with Gasteiger partial charge in [0.25, 0.3) is 0 Å². The minimum atomic E-state index is -0.989. The number of carbonyl (C=O) groups is 3. The summed E-state index contributed by atoms with van der Waals surface area (Å²) in [4.78, 5) is 38.7. The molecule has 1 fully saturated rings. The highest BCUT2D eigenvalue weighted by molar-refractivity contribution is 5.80. The summed E-state index contributed by atoms with van der Waals surface area (Å²) >= 11 is 0. The largest absolute Gasteiger partial charge is 0.480 e. The molecule has 2 N–H and O–H groups in total. The van der Waals surface area contributed by atoms with E-state index < -0.39 is 5.97 Å². The van der Waals surface area contributed by atoms with Crippen LogP contribution >= 0.6 is 0 Å². The third-order valence-corrected chi connectivity index (χ3v) is 5.13. The Bertz CT molecular complexity index is 496. The molecule has 0 saturated carbocycles. The third kappa shape index (κ3) is 9.75. The average Bonchev–Trinajstić information content (AvgIpc) is 2.77. The molecular weight excluding hydrogens is 346 g/mol. The van der Waals surface area contributed by atoms with Crippen LogP contribution in [0.1, 0.15) is 66.2 Å². The molecule has 1 saturated heterocycles. The van der Waals surface area contributed by atoms with Crippen LogP contribution in [0.15, 0.2) is 0 Å². The van der Waals surface area contributed by atoms with Crippen molar-refractivity contribution < 1.29 is 19.5 Å². The first-order chi connectivity index (χ1) is 12.7. The smallest absolute Gasteiger partial charge is 0.323 e. The van der Waals surface area contributed by atoms with Gasteiger partial charge < -0.3 is 15.3 Å². The van der Waals surface area contributed by atoms with Crippen LogP contribution < -0.4 is 5.32 Å². The molecule has 0 aromatic rings. The molecule has 1 aliphatic heterocycles. The first-order valence-corrected chi connectivity index (χ1v) is 10.2. The Labute approximate surface area is 163 Å². The molecule has 2 unspecified atom stereocenters. The van der Waals surface area contributed by atoms with Gasteiger partial charge in [-0.15, -0.1) is 0 Å². The summed E-state index contributed by atoms with van der Waals surface area (Å²) in [6, 6.07) is 0.112. The standard InChI is InChI=1S/C20H37N3O4/c1-15(2)7-5-8-16(3)21-19(25)13-22-11-6-9-18(10-12-22)23(17(4)24)14-20(26)27/h15-16,18H,5-14H2,1-4H3,(H,21,25)(H,26,27). The van der Waals surface area contributed by atoms with Crippen molar-refractivity contribution in [2.45, 2.75) is 78.3 Å². The van der Waals surface area contributed by atoms with E-state index in [-0.39, 0.29) is 30.4 Å². The summed E-state index contributed by atoms with van der Waals surface area (Å²) < 4.78 is 0. The molecule has 27 heavy (non-hydrogen) atoms. The predicted molar refractivity (Wildman–Crippen MR) is 105 cm³/mol. The molecule has 7 nitrogen and oxygen atoms in total. The highest BCUT2D eigenvalue weighted by atomic mass is 16.4. The maximum absolute atomic E-state index is 12.3. The van der Waals surface area contributed by atoms with E-state index in [2.05, 4.69) is 24.1 Å². The number of likely N-dealkylation sites (tertiary alicyclic amines) is 1. The zero-order chi connectivity index (χ0) is 20.4. The van der Waals surface area contributed by atoms with Crippen LogP contribution in [0.3, 0.4) is 0 Å². The van der Waals surface area contributed by atoms with Gasteiger partial charge in [0.05, 0.1) is 6.54 Å². The van der Waals surface area contributed by atoms with Gasteiger partial charge in [0.15, 0.2) is 0 Å². The number of nitrogens with zero attached hydrogens (tertiary/aromatic N) is 2. The van der Waals surface area contributed by atoms with Crippen molar-refractivity contribution in [2.24, 2.45) is 5.92 Å². The fourth-order valence-corrected chi connectivity index (χ4v) is 3.68. The molecule has 1 rings (SSSR count). The molecule has 156 valence electrons. The van der Waals surface area contributed by atoms with Gasteiger partial charge in [-0.2, -0.15) is 0 Å². The Hall–Kier alpha value is -1.63. The molecule has 1 heterocycles.